The molecule has 2 heteroatoms. The molecule has 0 spiro atoms. The first-order chi connectivity index (χ1) is 9.27. The van der Waals surface area contributed by atoms with Gasteiger partial charge in [-0.1, -0.05) is 90.4 Å². The zero-order valence-electron chi connectivity index (χ0n) is 12.9. The second-order valence-electron chi connectivity index (χ2n) is 5.78. The van der Waals surface area contributed by atoms with E-state index < -0.39 is 6.43 Å². The van der Waals surface area contributed by atoms with Crippen molar-refractivity contribution in [2.75, 3.05) is 0 Å². The Kier molecular flexibility index (Phi) is 15.8. The second kappa shape index (κ2) is 15.9. The minimum atomic E-state index is -2.10. The van der Waals surface area contributed by atoms with Crippen molar-refractivity contribution in [1.29, 1.82) is 0 Å². The van der Waals surface area contributed by atoms with Crippen molar-refractivity contribution in [2.45, 2.75) is 110 Å². The Morgan fingerprint density at radius 3 is 1.16 bits per heavy atom. The quantitative estimate of drug-likeness (QED) is 0.279. The lowest BCUT2D eigenvalue weighted by atomic mass is 10.0. The predicted molar refractivity (Wildman–Crippen MR) is 80.9 cm³/mol. The van der Waals surface area contributed by atoms with Crippen LogP contribution in [0.2, 0.25) is 0 Å². The van der Waals surface area contributed by atoms with Crippen molar-refractivity contribution >= 4 is 0 Å². The summed E-state index contributed by atoms with van der Waals surface area (Å²) in [4.78, 5) is 0. The van der Waals surface area contributed by atoms with Crippen LogP contribution in [0.1, 0.15) is 103 Å². The zero-order valence-corrected chi connectivity index (χ0v) is 12.9. The lowest BCUT2D eigenvalue weighted by molar-refractivity contribution is 0.133. The van der Waals surface area contributed by atoms with Crippen LogP contribution in [0.25, 0.3) is 0 Å². The summed E-state index contributed by atoms with van der Waals surface area (Å²) in [7, 11) is 0. The van der Waals surface area contributed by atoms with Gasteiger partial charge >= 0.3 is 0 Å². The van der Waals surface area contributed by atoms with Crippen molar-refractivity contribution in [3.8, 4) is 0 Å². The first kappa shape index (κ1) is 18.9. The van der Waals surface area contributed by atoms with Gasteiger partial charge in [0.25, 0.3) is 0 Å². The van der Waals surface area contributed by atoms with Gasteiger partial charge in [-0.15, -0.1) is 0 Å². The summed E-state index contributed by atoms with van der Waals surface area (Å²) >= 11 is 0. The summed E-state index contributed by atoms with van der Waals surface area (Å²) in [5, 5.41) is 0. The maximum absolute atomic E-state index is 11.9. The van der Waals surface area contributed by atoms with Gasteiger partial charge in [-0.3, -0.25) is 0 Å². The predicted octanol–water partition coefficient (Wildman–Crippen LogP) is 7.12. The van der Waals surface area contributed by atoms with Gasteiger partial charge in [-0.2, -0.15) is 0 Å². The Morgan fingerprint density at radius 1 is 0.526 bits per heavy atom. The highest BCUT2D eigenvalue weighted by Crippen LogP contribution is 2.14. The van der Waals surface area contributed by atoms with E-state index in [9.17, 15) is 8.78 Å². The lowest BCUT2D eigenvalue weighted by Gasteiger charge is -2.03. The van der Waals surface area contributed by atoms with Gasteiger partial charge in [0.1, 0.15) is 0 Å². The zero-order chi connectivity index (χ0) is 14.2. The maximum atomic E-state index is 11.9. The summed E-state index contributed by atoms with van der Waals surface area (Å²) in [6, 6.07) is 0. The molecule has 0 nitrogen and oxygen atoms in total. The highest BCUT2D eigenvalue weighted by atomic mass is 19.3. The van der Waals surface area contributed by atoms with Crippen molar-refractivity contribution in [1.82, 2.24) is 0 Å². The molecule has 0 atom stereocenters. The Morgan fingerprint density at radius 2 is 0.842 bits per heavy atom. The minimum absolute atomic E-state index is 0.0953. The molecule has 0 aromatic rings. The SMILES string of the molecule is CCCCCCCCCCCCCCCCC(F)F. The fraction of sp³-hybridized carbons (Fsp3) is 1.00. The lowest BCUT2D eigenvalue weighted by Crippen LogP contribution is -1.89. The molecule has 0 saturated heterocycles. The molecule has 0 aliphatic heterocycles. The number of rotatable bonds is 15. The van der Waals surface area contributed by atoms with Crippen LogP contribution in [-0.2, 0) is 0 Å². The highest BCUT2D eigenvalue weighted by Gasteiger charge is 2.00. The molecule has 0 amide bonds. The van der Waals surface area contributed by atoms with Crippen LogP contribution >= 0.6 is 0 Å². The third-order valence-corrected chi connectivity index (χ3v) is 3.78. The molecule has 0 aromatic heterocycles. The molecular formula is C17H34F2. The molecule has 0 unspecified atom stereocenters. The number of alkyl halides is 2. The van der Waals surface area contributed by atoms with E-state index in [0.29, 0.717) is 6.42 Å². The van der Waals surface area contributed by atoms with Gasteiger partial charge in [0.2, 0.25) is 6.43 Å². The van der Waals surface area contributed by atoms with E-state index in [2.05, 4.69) is 6.92 Å². The van der Waals surface area contributed by atoms with Crippen LogP contribution in [0.4, 0.5) is 8.78 Å². The Labute approximate surface area is 119 Å². The summed E-state index contributed by atoms with van der Waals surface area (Å²) in [6.45, 7) is 2.26. The molecular weight excluding hydrogens is 242 g/mol. The molecule has 0 fully saturated rings. The first-order valence-corrected chi connectivity index (χ1v) is 8.55. The van der Waals surface area contributed by atoms with Crippen LogP contribution in [0, 0.1) is 0 Å². The number of hydrogen-bond acceptors (Lipinski definition) is 0. The van der Waals surface area contributed by atoms with Gasteiger partial charge in [0.05, 0.1) is 0 Å². The largest absolute Gasteiger partial charge is 0.238 e. The highest BCUT2D eigenvalue weighted by molar-refractivity contribution is 4.50. The monoisotopic (exact) mass is 276 g/mol. The normalized spacial score (nSPS) is 11.4. The second-order valence-corrected chi connectivity index (χ2v) is 5.78. The summed E-state index contributed by atoms with van der Waals surface area (Å²) in [5.74, 6) is 0. The van der Waals surface area contributed by atoms with E-state index in [1.807, 2.05) is 0 Å². The molecule has 0 radical (unpaired) electrons. The fourth-order valence-corrected chi connectivity index (χ4v) is 2.49. The third kappa shape index (κ3) is 17.9. The summed E-state index contributed by atoms with van der Waals surface area (Å²) in [5.41, 5.74) is 0. The Balaban J connectivity index is 2.91. The number of hydrogen-bond donors (Lipinski definition) is 0. The maximum Gasteiger partial charge on any atom is 0.238 e. The molecule has 0 N–H and O–H groups in total. The molecule has 0 rings (SSSR count). The molecule has 19 heavy (non-hydrogen) atoms. The Bertz CT molecular complexity index is 157. The standard InChI is InChI=1S/C17H34F2/c1-2-3-4-5-6-7-8-9-10-11-12-13-14-15-16-17(18)19/h17H,2-16H2,1H3. The average Bonchev–Trinajstić information content (AvgIpc) is 2.39. The average molecular weight is 276 g/mol. The van der Waals surface area contributed by atoms with Crippen LogP contribution in [0.5, 0.6) is 0 Å². The molecule has 0 aliphatic carbocycles. The van der Waals surface area contributed by atoms with Crippen molar-refractivity contribution in [3.63, 3.8) is 0 Å². The van der Waals surface area contributed by atoms with E-state index >= 15 is 0 Å². The van der Waals surface area contributed by atoms with E-state index in [1.165, 1.54) is 70.6 Å². The van der Waals surface area contributed by atoms with Crippen molar-refractivity contribution in [3.05, 3.63) is 0 Å². The van der Waals surface area contributed by atoms with Crippen molar-refractivity contribution in [2.24, 2.45) is 0 Å². The smallest absolute Gasteiger partial charge is 0.211 e. The van der Waals surface area contributed by atoms with Gasteiger partial charge in [0, 0.05) is 6.42 Å². The van der Waals surface area contributed by atoms with E-state index in [0.717, 1.165) is 12.8 Å². The Hall–Kier alpha value is -0.140. The number of unbranched alkanes of at least 4 members (excludes halogenated alkanes) is 13. The molecule has 0 saturated carbocycles. The van der Waals surface area contributed by atoms with Gasteiger partial charge in [0.15, 0.2) is 0 Å². The van der Waals surface area contributed by atoms with Gasteiger partial charge < -0.3 is 0 Å². The van der Waals surface area contributed by atoms with E-state index in [4.69, 9.17) is 0 Å². The summed E-state index contributed by atoms with van der Waals surface area (Å²) in [6.07, 6.45) is 15.8. The molecule has 0 aromatic carbocycles. The van der Waals surface area contributed by atoms with Crippen LogP contribution in [-0.4, -0.2) is 6.43 Å². The first-order valence-electron chi connectivity index (χ1n) is 8.55. The van der Waals surface area contributed by atoms with Crippen LogP contribution in [0.3, 0.4) is 0 Å². The fourth-order valence-electron chi connectivity index (χ4n) is 2.49. The molecule has 0 heterocycles. The van der Waals surface area contributed by atoms with Crippen molar-refractivity contribution < 1.29 is 8.78 Å². The molecule has 0 aliphatic rings. The summed E-state index contributed by atoms with van der Waals surface area (Å²) < 4.78 is 23.8. The van der Waals surface area contributed by atoms with Crippen LogP contribution in [0.15, 0.2) is 0 Å². The number of halogens is 2. The molecule has 116 valence electrons. The van der Waals surface area contributed by atoms with E-state index in [1.54, 1.807) is 0 Å². The van der Waals surface area contributed by atoms with E-state index in [-0.39, 0.29) is 6.42 Å². The van der Waals surface area contributed by atoms with Gasteiger partial charge in [-0.05, 0) is 6.42 Å². The minimum Gasteiger partial charge on any atom is -0.211 e. The third-order valence-electron chi connectivity index (χ3n) is 3.78. The van der Waals surface area contributed by atoms with Crippen LogP contribution < -0.4 is 0 Å². The molecule has 0 bridgehead atoms. The van der Waals surface area contributed by atoms with Gasteiger partial charge in [-0.25, -0.2) is 8.78 Å². The topological polar surface area (TPSA) is 0 Å².